The predicted octanol–water partition coefficient (Wildman–Crippen LogP) is 4.39. The second-order valence-corrected chi connectivity index (χ2v) is 5.43. The quantitative estimate of drug-likeness (QED) is 0.626. The maximum Gasteiger partial charge on any atom is 0.274 e. The lowest BCUT2D eigenvalue weighted by molar-refractivity contribution is -0.385. The number of hydrogen-bond acceptors (Lipinski definition) is 3. The Morgan fingerprint density at radius 3 is 2.42 bits per heavy atom. The molecular formula is C13H18Cl2N2O2. The van der Waals surface area contributed by atoms with Crippen molar-refractivity contribution in [2.45, 2.75) is 39.2 Å². The molecule has 1 rings (SSSR count). The molecule has 0 bridgehead atoms. The van der Waals surface area contributed by atoms with Crippen LogP contribution in [-0.4, -0.2) is 17.5 Å². The van der Waals surface area contributed by atoms with E-state index >= 15 is 0 Å². The zero-order valence-corrected chi connectivity index (χ0v) is 12.8. The molecule has 1 aromatic rings. The van der Waals surface area contributed by atoms with Crippen LogP contribution in [0.1, 0.15) is 38.7 Å². The number of nitrogens with zero attached hydrogens (tertiary/aromatic N) is 1. The van der Waals surface area contributed by atoms with Crippen molar-refractivity contribution in [2.75, 3.05) is 6.54 Å². The highest BCUT2D eigenvalue weighted by Gasteiger charge is 2.24. The van der Waals surface area contributed by atoms with E-state index in [0.29, 0.717) is 10.6 Å². The first-order valence-electron chi connectivity index (χ1n) is 6.25. The van der Waals surface area contributed by atoms with Gasteiger partial charge >= 0.3 is 0 Å². The summed E-state index contributed by atoms with van der Waals surface area (Å²) in [4.78, 5) is 10.7. The molecule has 0 spiro atoms. The summed E-state index contributed by atoms with van der Waals surface area (Å²) in [5, 5.41) is 15.0. The van der Waals surface area contributed by atoms with E-state index < -0.39 is 4.92 Å². The molecule has 6 heteroatoms. The minimum atomic E-state index is -0.416. The van der Waals surface area contributed by atoms with E-state index in [9.17, 15) is 10.1 Å². The van der Waals surface area contributed by atoms with Crippen LogP contribution in [0.3, 0.4) is 0 Å². The molecule has 19 heavy (non-hydrogen) atoms. The van der Waals surface area contributed by atoms with Gasteiger partial charge in [-0.3, -0.25) is 10.1 Å². The van der Waals surface area contributed by atoms with Crippen LogP contribution in [0, 0.1) is 10.1 Å². The summed E-state index contributed by atoms with van der Waals surface area (Å²) in [6, 6.07) is 3.04. The van der Waals surface area contributed by atoms with Gasteiger partial charge in [-0.2, -0.15) is 0 Å². The largest absolute Gasteiger partial charge is 0.314 e. The second kappa shape index (κ2) is 7.08. The standard InChI is InChI=1S/C13H18Cl2N2O2/c1-4-5-16-9(3)8(2)10-6-11(14)12(15)7-13(10)17(18)19/h6-9,16H,4-5H2,1-3H3. The Labute approximate surface area is 123 Å². The highest BCUT2D eigenvalue weighted by atomic mass is 35.5. The molecule has 2 atom stereocenters. The molecule has 0 fully saturated rings. The van der Waals surface area contributed by atoms with E-state index in [1.54, 1.807) is 6.07 Å². The second-order valence-electron chi connectivity index (χ2n) is 4.61. The Kier molecular flexibility index (Phi) is 6.04. The third-order valence-corrected chi connectivity index (χ3v) is 3.95. The zero-order chi connectivity index (χ0) is 14.6. The van der Waals surface area contributed by atoms with E-state index in [2.05, 4.69) is 12.2 Å². The molecule has 0 amide bonds. The molecule has 0 aliphatic carbocycles. The monoisotopic (exact) mass is 304 g/mol. The molecule has 0 aliphatic rings. The molecule has 0 aliphatic heterocycles. The van der Waals surface area contributed by atoms with Crippen LogP contribution >= 0.6 is 23.2 Å². The normalized spacial score (nSPS) is 14.2. The van der Waals surface area contributed by atoms with E-state index in [-0.39, 0.29) is 22.7 Å². The Hall–Kier alpha value is -0.840. The molecule has 4 nitrogen and oxygen atoms in total. The van der Waals surface area contributed by atoms with Crippen LogP contribution < -0.4 is 5.32 Å². The number of rotatable bonds is 6. The summed E-state index contributed by atoms with van der Waals surface area (Å²) in [6.07, 6.45) is 1.01. The Balaban J connectivity index is 3.10. The van der Waals surface area contributed by atoms with E-state index in [4.69, 9.17) is 23.2 Å². The Morgan fingerprint density at radius 1 is 1.32 bits per heavy atom. The van der Waals surface area contributed by atoms with Gasteiger partial charge in [-0.05, 0) is 26.0 Å². The summed E-state index contributed by atoms with van der Waals surface area (Å²) >= 11 is 11.8. The first-order chi connectivity index (χ1) is 8.88. The first kappa shape index (κ1) is 16.2. The fraction of sp³-hybridized carbons (Fsp3) is 0.538. The third-order valence-electron chi connectivity index (χ3n) is 3.22. The van der Waals surface area contributed by atoms with Crippen LogP contribution in [0.5, 0.6) is 0 Å². The topological polar surface area (TPSA) is 55.2 Å². The fourth-order valence-corrected chi connectivity index (χ4v) is 2.22. The van der Waals surface area contributed by atoms with Crippen molar-refractivity contribution in [1.82, 2.24) is 5.32 Å². The summed E-state index contributed by atoms with van der Waals surface area (Å²) in [5.41, 5.74) is 0.627. The number of benzene rings is 1. The maximum atomic E-state index is 11.1. The fourth-order valence-electron chi connectivity index (χ4n) is 1.89. The molecule has 0 saturated heterocycles. The summed E-state index contributed by atoms with van der Waals surface area (Å²) in [6.45, 7) is 6.90. The Bertz CT molecular complexity index is 466. The van der Waals surface area contributed by atoms with Crippen molar-refractivity contribution in [1.29, 1.82) is 0 Å². The minimum Gasteiger partial charge on any atom is -0.314 e. The van der Waals surface area contributed by atoms with Crippen LogP contribution in [0.15, 0.2) is 12.1 Å². The molecule has 2 unspecified atom stereocenters. The molecule has 0 heterocycles. The summed E-state index contributed by atoms with van der Waals surface area (Å²) < 4.78 is 0. The van der Waals surface area contributed by atoms with Gasteiger partial charge in [0.05, 0.1) is 15.0 Å². The van der Waals surface area contributed by atoms with E-state index in [0.717, 1.165) is 13.0 Å². The molecule has 0 saturated carbocycles. The van der Waals surface area contributed by atoms with Crippen LogP contribution in [0.4, 0.5) is 5.69 Å². The molecule has 106 valence electrons. The van der Waals surface area contributed by atoms with E-state index in [1.807, 2.05) is 13.8 Å². The van der Waals surface area contributed by atoms with Crippen molar-refractivity contribution in [3.05, 3.63) is 37.9 Å². The van der Waals surface area contributed by atoms with Crippen LogP contribution in [-0.2, 0) is 0 Å². The van der Waals surface area contributed by atoms with E-state index in [1.165, 1.54) is 6.07 Å². The molecule has 0 radical (unpaired) electrons. The number of hydrogen-bond donors (Lipinski definition) is 1. The van der Waals surface area contributed by atoms with Crippen molar-refractivity contribution in [3.8, 4) is 0 Å². The van der Waals surface area contributed by atoms with Gasteiger partial charge in [-0.1, -0.05) is 37.0 Å². The zero-order valence-electron chi connectivity index (χ0n) is 11.2. The van der Waals surface area contributed by atoms with Crippen molar-refractivity contribution < 1.29 is 4.92 Å². The maximum absolute atomic E-state index is 11.1. The highest BCUT2D eigenvalue weighted by Crippen LogP contribution is 2.35. The van der Waals surface area contributed by atoms with Crippen molar-refractivity contribution >= 4 is 28.9 Å². The average Bonchev–Trinajstić information content (AvgIpc) is 2.37. The molecule has 1 N–H and O–H groups in total. The van der Waals surface area contributed by atoms with Gasteiger partial charge in [0.25, 0.3) is 5.69 Å². The molecular weight excluding hydrogens is 287 g/mol. The third kappa shape index (κ3) is 4.06. The summed E-state index contributed by atoms with van der Waals surface area (Å²) in [7, 11) is 0. The van der Waals surface area contributed by atoms with Gasteiger partial charge in [0.1, 0.15) is 0 Å². The van der Waals surface area contributed by atoms with Gasteiger partial charge in [-0.25, -0.2) is 0 Å². The van der Waals surface area contributed by atoms with Gasteiger partial charge in [0.15, 0.2) is 0 Å². The first-order valence-corrected chi connectivity index (χ1v) is 7.00. The van der Waals surface area contributed by atoms with Gasteiger partial charge in [0, 0.05) is 23.6 Å². The Morgan fingerprint density at radius 2 is 1.89 bits per heavy atom. The SMILES string of the molecule is CCCNC(C)C(C)c1cc(Cl)c(Cl)cc1[N+](=O)[O-]. The van der Waals surface area contributed by atoms with Gasteiger partial charge < -0.3 is 5.32 Å². The van der Waals surface area contributed by atoms with Crippen LogP contribution in [0.2, 0.25) is 10.0 Å². The van der Waals surface area contributed by atoms with Gasteiger partial charge in [0.2, 0.25) is 0 Å². The predicted molar refractivity (Wildman–Crippen MR) is 79.3 cm³/mol. The molecule has 1 aromatic carbocycles. The minimum absolute atomic E-state index is 0.0204. The van der Waals surface area contributed by atoms with Crippen LogP contribution in [0.25, 0.3) is 0 Å². The van der Waals surface area contributed by atoms with Crippen molar-refractivity contribution in [3.63, 3.8) is 0 Å². The lowest BCUT2D eigenvalue weighted by Crippen LogP contribution is -2.31. The highest BCUT2D eigenvalue weighted by molar-refractivity contribution is 6.42. The number of nitro benzene ring substituents is 1. The van der Waals surface area contributed by atoms with Crippen molar-refractivity contribution in [2.24, 2.45) is 0 Å². The lowest BCUT2D eigenvalue weighted by Gasteiger charge is -2.21. The smallest absolute Gasteiger partial charge is 0.274 e. The van der Waals surface area contributed by atoms with Gasteiger partial charge in [-0.15, -0.1) is 0 Å². The number of halogens is 2. The molecule has 0 aromatic heterocycles. The summed E-state index contributed by atoms with van der Waals surface area (Å²) in [5.74, 6) is -0.0262. The average molecular weight is 305 g/mol. The lowest BCUT2D eigenvalue weighted by atomic mass is 9.93. The number of nitro groups is 1. The number of nitrogens with one attached hydrogen (secondary N) is 1.